The summed E-state index contributed by atoms with van der Waals surface area (Å²) in [7, 11) is 1.58. The van der Waals surface area contributed by atoms with Crippen LogP contribution in [0.25, 0.3) is 6.08 Å². The van der Waals surface area contributed by atoms with Gasteiger partial charge in [0.15, 0.2) is 0 Å². The number of halogens is 1. The first-order chi connectivity index (χ1) is 10.1. The molecule has 0 radical (unpaired) electrons. The second-order valence-electron chi connectivity index (χ2n) is 5.23. The van der Waals surface area contributed by atoms with E-state index >= 15 is 0 Å². The Morgan fingerprint density at radius 2 is 2.10 bits per heavy atom. The van der Waals surface area contributed by atoms with Gasteiger partial charge >= 0.3 is 0 Å². The molecular formula is C16H20ClNO3. The van der Waals surface area contributed by atoms with E-state index in [-0.39, 0.29) is 18.1 Å². The second-order valence-corrected chi connectivity index (χ2v) is 5.67. The summed E-state index contributed by atoms with van der Waals surface area (Å²) in [6.07, 6.45) is 6.09. The van der Waals surface area contributed by atoms with Crippen molar-refractivity contribution in [3.8, 4) is 5.75 Å². The van der Waals surface area contributed by atoms with Gasteiger partial charge in [0.1, 0.15) is 5.75 Å². The fourth-order valence-corrected chi connectivity index (χ4v) is 2.65. The monoisotopic (exact) mass is 309 g/mol. The first kappa shape index (κ1) is 15.9. The number of aliphatic hydroxyl groups is 1. The van der Waals surface area contributed by atoms with Crippen molar-refractivity contribution in [2.24, 2.45) is 0 Å². The van der Waals surface area contributed by atoms with Crippen LogP contribution in [0.4, 0.5) is 0 Å². The highest BCUT2D eigenvalue weighted by atomic mass is 35.5. The molecule has 0 aliphatic heterocycles. The molecule has 114 valence electrons. The largest absolute Gasteiger partial charge is 0.496 e. The van der Waals surface area contributed by atoms with Crippen molar-refractivity contribution in [1.82, 2.24) is 5.32 Å². The van der Waals surface area contributed by atoms with E-state index in [9.17, 15) is 9.90 Å². The number of amides is 1. The zero-order chi connectivity index (χ0) is 15.2. The predicted molar refractivity (Wildman–Crippen MR) is 83.4 cm³/mol. The molecule has 0 bridgehead atoms. The molecule has 2 rings (SSSR count). The van der Waals surface area contributed by atoms with Crippen molar-refractivity contribution < 1.29 is 14.6 Å². The van der Waals surface area contributed by atoms with E-state index in [1.807, 2.05) is 0 Å². The Kier molecular flexibility index (Phi) is 5.65. The molecule has 0 saturated heterocycles. The minimum absolute atomic E-state index is 0.140. The number of nitrogens with one attached hydrogen (secondary N) is 1. The van der Waals surface area contributed by atoms with Gasteiger partial charge in [-0.2, -0.15) is 0 Å². The quantitative estimate of drug-likeness (QED) is 0.841. The van der Waals surface area contributed by atoms with Crippen LogP contribution in [0, 0.1) is 0 Å². The zero-order valence-corrected chi connectivity index (χ0v) is 12.8. The summed E-state index contributed by atoms with van der Waals surface area (Å²) in [6, 6.07) is 5.40. The third kappa shape index (κ3) is 4.76. The molecule has 1 aliphatic rings. The van der Waals surface area contributed by atoms with Crippen LogP contribution in [0.15, 0.2) is 24.3 Å². The van der Waals surface area contributed by atoms with Crippen molar-refractivity contribution in [3.63, 3.8) is 0 Å². The number of hydrogen-bond donors (Lipinski definition) is 2. The van der Waals surface area contributed by atoms with Crippen LogP contribution in [0.2, 0.25) is 5.02 Å². The van der Waals surface area contributed by atoms with Gasteiger partial charge in [-0.05, 0) is 50.0 Å². The van der Waals surface area contributed by atoms with E-state index in [4.69, 9.17) is 16.3 Å². The lowest BCUT2D eigenvalue weighted by molar-refractivity contribution is -0.117. The molecule has 1 saturated carbocycles. The first-order valence-electron chi connectivity index (χ1n) is 7.08. The summed E-state index contributed by atoms with van der Waals surface area (Å²) >= 11 is 5.94. The number of hydrogen-bond acceptors (Lipinski definition) is 3. The first-order valence-corrected chi connectivity index (χ1v) is 7.46. The summed E-state index contributed by atoms with van der Waals surface area (Å²) in [5.74, 6) is 0.530. The lowest BCUT2D eigenvalue weighted by Crippen LogP contribution is -2.37. The highest BCUT2D eigenvalue weighted by Crippen LogP contribution is 2.24. The topological polar surface area (TPSA) is 58.6 Å². The molecule has 1 aromatic rings. The van der Waals surface area contributed by atoms with Crippen LogP contribution in [0.5, 0.6) is 5.75 Å². The zero-order valence-electron chi connectivity index (χ0n) is 12.0. The molecule has 0 spiro atoms. The van der Waals surface area contributed by atoms with Crippen molar-refractivity contribution in [1.29, 1.82) is 0 Å². The third-order valence-corrected chi connectivity index (χ3v) is 3.88. The average Bonchev–Trinajstić information content (AvgIpc) is 2.48. The van der Waals surface area contributed by atoms with Gasteiger partial charge in [-0.15, -0.1) is 0 Å². The molecule has 1 amide bonds. The fraction of sp³-hybridized carbons (Fsp3) is 0.438. The normalized spacial score (nSPS) is 22.2. The molecular weight excluding hydrogens is 290 g/mol. The number of benzene rings is 1. The maximum Gasteiger partial charge on any atom is 0.244 e. The smallest absolute Gasteiger partial charge is 0.244 e. The number of rotatable bonds is 4. The summed E-state index contributed by atoms with van der Waals surface area (Å²) in [6.45, 7) is 0. The van der Waals surface area contributed by atoms with E-state index in [0.717, 1.165) is 31.2 Å². The SMILES string of the molecule is COc1ccc(Cl)cc1C=CC(=O)NC1CCC(O)CC1. The molecule has 4 nitrogen and oxygen atoms in total. The predicted octanol–water partition coefficient (Wildman–Crippen LogP) is 2.78. The second kappa shape index (κ2) is 7.48. The molecule has 2 N–H and O–H groups in total. The van der Waals surface area contributed by atoms with E-state index in [2.05, 4.69) is 5.32 Å². The van der Waals surface area contributed by atoms with Crippen molar-refractivity contribution in [3.05, 3.63) is 34.9 Å². The Balaban J connectivity index is 1.94. The lowest BCUT2D eigenvalue weighted by Gasteiger charge is -2.25. The fourth-order valence-electron chi connectivity index (χ4n) is 2.47. The Labute approximate surface area is 129 Å². The number of ether oxygens (including phenoxy) is 1. The maximum absolute atomic E-state index is 11.9. The van der Waals surface area contributed by atoms with Gasteiger partial charge in [0.25, 0.3) is 0 Å². The molecule has 1 fully saturated rings. The maximum atomic E-state index is 11.9. The standard InChI is InChI=1S/C16H20ClNO3/c1-21-15-8-3-12(17)10-11(15)2-9-16(20)18-13-4-6-14(19)7-5-13/h2-3,8-10,13-14,19H,4-7H2,1H3,(H,18,20). The number of aliphatic hydroxyl groups excluding tert-OH is 1. The van der Waals surface area contributed by atoms with E-state index in [1.165, 1.54) is 6.08 Å². The van der Waals surface area contributed by atoms with Gasteiger partial charge in [-0.25, -0.2) is 0 Å². The van der Waals surface area contributed by atoms with Crippen LogP contribution in [-0.4, -0.2) is 30.3 Å². The highest BCUT2D eigenvalue weighted by molar-refractivity contribution is 6.30. The van der Waals surface area contributed by atoms with Crippen molar-refractivity contribution >= 4 is 23.6 Å². The summed E-state index contributed by atoms with van der Waals surface area (Å²) in [5, 5.41) is 13.0. The van der Waals surface area contributed by atoms with Crippen LogP contribution in [0.3, 0.4) is 0 Å². The Bertz CT molecular complexity index is 522. The summed E-state index contributed by atoms with van der Waals surface area (Å²) < 4.78 is 5.22. The van der Waals surface area contributed by atoms with Crippen LogP contribution >= 0.6 is 11.6 Å². The number of carbonyl (C=O) groups is 1. The average molecular weight is 310 g/mol. The number of methoxy groups -OCH3 is 1. The minimum Gasteiger partial charge on any atom is -0.496 e. The van der Waals surface area contributed by atoms with Gasteiger partial charge < -0.3 is 15.2 Å². The van der Waals surface area contributed by atoms with E-state index in [1.54, 1.807) is 31.4 Å². The van der Waals surface area contributed by atoms with Gasteiger partial charge in [0, 0.05) is 22.7 Å². The molecule has 0 heterocycles. The Morgan fingerprint density at radius 1 is 1.38 bits per heavy atom. The minimum atomic E-state index is -0.218. The molecule has 0 aromatic heterocycles. The van der Waals surface area contributed by atoms with Crippen LogP contribution in [0.1, 0.15) is 31.2 Å². The van der Waals surface area contributed by atoms with E-state index in [0.29, 0.717) is 10.8 Å². The van der Waals surface area contributed by atoms with Gasteiger partial charge in [0.2, 0.25) is 5.91 Å². The van der Waals surface area contributed by atoms with E-state index < -0.39 is 0 Å². The van der Waals surface area contributed by atoms with Gasteiger partial charge in [-0.1, -0.05) is 11.6 Å². The molecule has 21 heavy (non-hydrogen) atoms. The molecule has 0 atom stereocenters. The molecule has 1 aliphatic carbocycles. The summed E-state index contributed by atoms with van der Waals surface area (Å²) in [5.41, 5.74) is 0.763. The van der Waals surface area contributed by atoms with Crippen molar-refractivity contribution in [2.45, 2.75) is 37.8 Å². The molecule has 0 unspecified atom stereocenters. The Hall–Kier alpha value is -1.52. The van der Waals surface area contributed by atoms with Crippen molar-refractivity contribution in [2.75, 3.05) is 7.11 Å². The molecule has 5 heteroatoms. The van der Waals surface area contributed by atoms with Gasteiger partial charge in [0.05, 0.1) is 13.2 Å². The van der Waals surface area contributed by atoms with Crippen LogP contribution in [-0.2, 0) is 4.79 Å². The lowest BCUT2D eigenvalue weighted by atomic mass is 9.93. The molecule has 1 aromatic carbocycles. The highest BCUT2D eigenvalue weighted by Gasteiger charge is 2.19. The summed E-state index contributed by atoms with van der Waals surface area (Å²) in [4.78, 5) is 11.9. The van der Waals surface area contributed by atoms with Crippen LogP contribution < -0.4 is 10.1 Å². The van der Waals surface area contributed by atoms with Gasteiger partial charge in [-0.3, -0.25) is 4.79 Å². The number of carbonyl (C=O) groups excluding carboxylic acids is 1. The Morgan fingerprint density at radius 3 is 2.76 bits per heavy atom. The third-order valence-electron chi connectivity index (χ3n) is 3.65.